The van der Waals surface area contributed by atoms with Crippen molar-refractivity contribution in [3.63, 3.8) is 0 Å². The third-order valence-corrected chi connectivity index (χ3v) is 5.24. The second-order valence-electron chi connectivity index (χ2n) is 6.67. The predicted molar refractivity (Wildman–Crippen MR) is 83.2 cm³/mol. The lowest BCUT2D eigenvalue weighted by Crippen LogP contribution is -2.34. The first kappa shape index (κ1) is 15.0. The molecule has 0 aromatic carbocycles. The minimum Gasteiger partial charge on any atom is -0.311 e. The van der Waals surface area contributed by atoms with E-state index in [1.54, 1.807) is 0 Å². The first-order chi connectivity index (χ1) is 8.88. The zero-order valence-electron chi connectivity index (χ0n) is 12.7. The van der Waals surface area contributed by atoms with Crippen molar-refractivity contribution in [2.45, 2.75) is 59.0 Å². The van der Waals surface area contributed by atoms with Crippen LogP contribution >= 0.6 is 15.9 Å². The number of nitrogens with one attached hydrogen (secondary N) is 1. The summed E-state index contributed by atoms with van der Waals surface area (Å²) < 4.78 is 3.28. The van der Waals surface area contributed by atoms with Gasteiger partial charge in [0, 0.05) is 6.04 Å². The molecule has 0 saturated heterocycles. The summed E-state index contributed by atoms with van der Waals surface area (Å²) in [5.74, 6) is 0.669. The van der Waals surface area contributed by atoms with Crippen LogP contribution in [-0.2, 0) is 0 Å². The van der Waals surface area contributed by atoms with Crippen LogP contribution < -0.4 is 5.32 Å². The number of aromatic nitrogens is 2. The molecule has 2 atom stereocenters. The number of nitrogens with zero attached hydrogens (tertiary/aromatic N) is 2. The average molecular weight is 328 g/mol. The van der Waals surface area contributed by atoms with E-state index in [0.29, 0.717) is 23.4 Å². The van der Waals surface area contributed by atoms with E-state index in [1.165, 1.54) is 25.0 Å². The zero-order valence-corrected chi connectivity index (χ0v) is 14.3. The summed E-state index contributed by atoms with van der Waals surface area (Å²) in [6.07, 6.45) is 5.89. The van der Waals surface area contributed by atoms with Crippen LogP contribution in [0.3, 0.4) is 0 Å². The van der Waals surface area contributed by atoms with Gasteiger partial charge in [0.05, 0.1) is 22.4 Å². The molecular formula is C15H26BrN3. The molecule has 2 rings (SSSR count). The Bertz CT molecular complexity index is 437. The Labute approximate surface area is 125 Å². The Kier molecular flexibility index (Phi) is 4.41. The molecule has 0 bridgehead atoms. The van der Waals surface area contributed by atoms with Gasteiger partial charge in [-0.15, -0.1) is 0 Å². The van der Waals surface area contributed by atoms with Gasteiger partial charge in [0.25, 0.3) is 0 Å². The second-order valence-corrected chi connectivity index (χ2v) is 7.52. The average Bonchev–Trinajstić information content (AvgIpc) is 2.85. The summed E-state index contributed by atoms with van der Waals surface area (Å²) in [6.45, 7) is 9.18. The van der Waals surface area contributed by atoms with E-state index in [9.17, 15) is 0 Å². The van der Waals surface area contributed by atoms with Crippen LogP contribution in [0.1, 0.15) is 64.7 Å². The molecule has 1 heterocycles. The summed E-state index contributed by atoms with van der Waals surface area (Å²) in [5, 5.41) is 8.08. The van der Waals surface area contributed by atoms with E-state index >= 15 is 0 Å². The van der Waals surface area contributed by atoms with Gasteiger partial charge in [0.2, 0.25) is 0 Å². The molecule has 0 amide bonds. The largest absolute Gasteiger partial charge is 0.311 e. The van der Waals surface area contributed by atoms with E-state index in [2.05, 4.69) is 65.8 Å². The van der Waals surface area contributed by atoms with Gasteiger partial charge in [0.1, 0.15) is 0 Å². The first-order valence-corrected chi connectivity index (χ1v) is 8.08. The Balaban J connectivity index is 2.40. The first-order valence-electron chi connectivity index (χ1n) is 7.28. The predicted octanol–water partition coefficient (Wildman–Crippen LogP) is 4.31. The fraction of sp³-hybridized carbons (Fsp3) is 0.800. The molecule has 4 heteroatoms. The van der Waals surface area contributed by atoms with Gasteiger partial charge >= 0.3 is 0 Å². The zero-order chi connectivity index (χ0) is 14.2. The second kappa shape index (κ2) is 5.57. The molecule has 1 aromatic heterocycles. The van der Waals surface area contributed by atoms with Gasteiger partial charge in [-0.25, -0.2) is 0 Å². The summed E-state index contributed by atoms with van der Waals surface area (Å²) in [7, 11) is 2.07. The highest BCUT2D eigenvalue weighted by Gasteiger charge is 2.41. The maximum atomic E-state index is 4.53. The monoisotopic (exact) mass is 327 g/mol. The van der Waals surface area contributed by atoms with Gasteiger partial charge < -0.3 is 5.32 Å². The highest BCUT2D eigenvalue weighted by Crippen LogP contribution is 2.49. The SMILES string of the molecule is CNC(c1c(Br)cnn1C(C)C)C1CCCC1(C)C. The van der Waals surface area contributed by atoms with Gasteiger partial charge in [-0.1, -0.05) is 20.3 Å². The van der Waals surface area contributed by atoms with Crippen molar-refractivity contribution >= 4 is 15.9 Å². The molecule has 1 aliphatic carbocycles. The molecule has 19 heavy (non-hydrogen) atoms. The van der Waals surface area contributed by atoms with Crippen molar-refractivity contribution in [1.82, 2.24) is 15.1 Å². The van der Waals surface area contributed by atoms with Crippen LogP contribution in [0.15, 0.2) is 10.7 Å². The van der Waals surface area contributed by atoms with Gasteiger partial charge in [-0.3, -0.25) is 4.68 Å². The molecule has 2 unspecified atom stereocenters. The summed E-state index contributed by atoms with van der Waals surface area (Å²) in [4.78, 5) is 0. The quantitative estimate of drug-likeness (QED) is 0.892. The molecule has 0 spiro atoms. The van der Waals surface area contributed by atoms with Crippen LogP contribution in [0.4, 0.5) is 0 Å². The third-order valence-electron chi connectivity index (χ3n) is 4.62. The highest BCUT2D eigenvalue weighted by molar-refractivity contribution is 9.10. The lowest BCUT2D eigenvalue weighted by atomic mass is 9.76. The molecule has 1 aromatic rings. The van der Waals surface area contributed by atoms with Crippen LogP contribution in [0.25, 0.3) is 0 Å². The Hall–Kier alpha value is -0.350. The molecule has 3 nitrogen and oxygen atoms in total. The molecule has 0 aliphatic heterocycles. The number of hydrogen-bond donors (Lipinski definition) is 1. The van der Waals surface area contributed by atoms with Crippen molar-refractivity contribution in [2.75, 3.05) is 7.05 Å². The molecular weight excluding hydrogens is 302 g/mol. The van der Waals surface area contributed by atoms with Gasteiger partial charge in [-0.05, 0) is 61.0 Å². The van der Waals surface area contributed by atoms with Crippen molar-refractivity contribution in [3.8, 4) is 0 Å². The van der Waals surface area contributed by atoms with E-state index in [0.717, 1.165) is 4.47 Å². The lowest BCUT2D eigenvalue weighted by Gasteiger charge is -2.35. The molecule has 108 valence electrons. The Morgan fingerprint density at radius 1 is 1.47 bits per heavy atom. The minimum absolute atomic E-state index is 0.372. The maximum absolute atomic E-state index is 4.53. The minimum atomic E-state index is 0.372. The standard InChI is InChI=1S/C15H26BrN3/c1-10(2)19-14(12(16)9-18-19)13(17-5)11-7-6-8-15(11,3)4/h9-11,13,17H,6-8H2,1-5H3. The number of rotatable bonds is 4. The van der Waals surface area contributed by atoms with E-state index in [-0.39, 0.29) is 0 Å². The lowest BCUT2D eigenvalue weighted by molar-refractivity contribution is 0.195. The van der Waals surface area contributed by atoms with Gasteiger partial charge in [0.15, 0.2) is 0 Å². The van der Waals surface area contributed by atoms with Crippen LogP contribution in [-0.4, -0.2) is 16.8 Å². The van der Waals surface area contributed by atoms with E-state index in [4.69, 9.17) is 0 Å². The molecule has 1 N–H and O–H groups in total. The molecule has 1 aliphatic rings. The Morgan fingerprint density at radius 2 is 2.16 bits per heavy atom. The topological polar surface area (TPSA) is 29.9 Å². The smallest absolute Gasteiger partial charge is 0.0701 e. The number of halogens is 1. The maximum Gasteiger partial charge on any atom is 0.0701 e. The van der Waals surface area contributed by atoms with Crippen LogP contribution in [0.2, 0.25) is 0 Å². The van der Waals surface area contributed by atoms with Crippen molar-refractivity contribution in [1.29, 1.82) is 0 Å². The number of hydrogen-bond acceptors (Lipinski definition) is 2. The van der Waals surface area contributed by atoms with E-state index < -0.39 is 0 Å². The van der Waals surface area contributed by atoms with Crippen molar-refractivity contribution in [2.24, 2.45) is 11.3 Å². The molecule has 1 saturated carbocycles. The van der Waals surface area contributed by atoms with Gasteiger partial charge in [-0.2, -0.15) is 5.10 Å². The summed E-state index contributed by atoms with van der Waals surface area (Å²) >= 11 is 3.69. The molecule has 1 fully saturated rings. The fourth-order valence-corrected chi connectivity index (χ4v) is 4.07. The Morgan fingerprint density at radius 3 is 2.63 bits per heavy atom. The van der Waals surface area contributed by atoms with Crippen LogP contribution in [0.5, 0.6) is 0 Å². The fourth-order valence-electron chi connectivity index (χ4n) is 3.55. The van der Waals surface area contributed by atoms with Crippen molar-refractivity contribution < 1.29 is 0 Å². The van der Waals surface area contributed by atoms with Crippen LogP contribution in [0, 0.1) is 11.3 Å². The summed E-state index contributed by atoms with van der Waals surface area (Å²) in [5.41, 5.74) is 1.71. The molecule has 0 radical (unpaired) electrons. The highest BCUT2D eigenvalue weighted by atomic mass is 79.9. The third kappa shape index (κ3) is 2.75. The summed E-state index contributed by atoms with van der Waals surface area (Å²) in [6, 6.07) is 0.762. The van der Waals surface area contributed by atoms with E-state index in [1.807, 2.05) is 6.20 Å². The normalized spacial score (nSPS) is 24.1. The van der Waals surface area contributed by atoms with Crippen molar-refractivity contribution in [3.05, 3.63) is 16.4 Å².